The Morgan fingerprint density at radius 2 is 2.14 bits per heavy atom. The molecule has 3 rings (SSSR count). The fraction of sp³-hybridized carbons (Fsp3) is 0.353. The third kappa shape index (κ3) is 2.95. The van der Waals surface area contributed by atoms with Crippen molar-refractivity contribution in [3.8, 4) is 0 Å². The molecule has 0 saturated heterocycles. The Morgan fingerprint density at radius 3 is 2.90 bits per heavy atom. The predicted octanol–water partition coefficient (Wildman–Crippen LogP) is 3.39. The first kappa shape index (κ1) is 14.1. The molecule has 0 spiro atoms. The molecule has 0 saturated carbocycles. The highest BCUT2D eigenvalue weighted by Gasteiger charge is 2.26. The van der Waals surface area contributed by atoms with E-state index in [1.807, 2.05) is 30.3 Å². The number of nitrogens with two attached hydrogens (primary N) is 1. The molecule has 1 aromatic carbocycles. The molecule has 1 aliphatic carbocycles. The monoisotopic (exact) mass is 300 g/mol. The van der Waals surface area contributed by atoms with E-state index >= 15 is 0 Å². The van der Waals surface area contributed by atoms with Crippen molar-refractivity contribution in [2.24, 2.45) is 5.92 Å². The van der Waals surface area contributed by atoms with Crippen molar-refractivity contribution < 1.29 is 4.79 Å². The van der Waals surface area contributed by atoms with E-state index in [0.29, 0.717) is 17.5 Å². The minimum Gasteiger partial charge on any atom is -0.390 e. The lowest BCUT2D eigenvalue weighted by Gasteiger charge is -2.18. The summed E-state index contributed by atoms with van der Waals surface area (Å²) in [7, 11) is 0. The molecule has 3 nitrogen and oxygen atoms in total. The molecule has 0 fully saturated rings. The number of hydrogen-bond donors (Lipinski definition) is 2. The zero-order valence-electron chi connectivity index (χ0n) is 12.2. The molecular weight excluding hydrogens is 280 g/mol. The van der Waals surface area contributed by atoms with E-state index in [2.05, 4.69) is 12.2 Å². The number of hydrogen-bond acceptors (Lipinski definition) is 3. The Hall–Kier alpha value is -1.81. The van der Waals surface area contributed by atoms with E-state index in [1.165, 1.54) is 10.4 Å². The van der Waals surface area contributed by atoms with Crippen molar-refractivity contribution in [3.05, 3.63) is 51.9 Å². The van der Waals surface area contributed by atoms with Crippen molar-refractivity contribution in [1.82, 2.24) is 5.32 Å². The zero-order chi connectivity index (χ0) is 14.8. The van der Waals surface area contributed by atoms with Gasteiger partial charge in [0.15, 0.2) is 0 Å². The van der Waals surface area contributed by atoms with Gasteiger partial charge in [0.25, 0.3) is 5.91 Å². The number of fused-ring (bicyclic) bond motifs is 1. The van der Waals surface area contributed by atoms with Gasteiger partial charge < -0.3 is 11.1 Å². The van der Waals surface area contributed by atoms with Crippen LogP contribution in [-0.2, 0) is 19.4 Å². The van der Waals surface area contributed by atoms with Gasteiger partial charge in [-0.15, -0.1) is 11.3 Å². The quantitative estimate of drug-likeness (QED) is 0.913. The fourth-order valence-corrected chi connectivity index (χ4v) is 4.17. The maximum atomic E-state index is 12.5. The van der Waals surface area contributed by atoms with Crippen LogP contribution in [0.15, 0.2) is 30.3 Å². The highest BCUT2D eigenvalue weighted by atomic mass is 32.1. The van der Waals surface area contributed by atoms with E-state index in [9.17, 15) is 4.79 Å². The minimum atomic E-state index is -0.0385. The van der Waals surface area contributed by atoms with Gasteiger partial charge in [-0.1, -0.05) is 37.3 Å². The van der Waals surface area contributed by atoms with E-state index in [-0.39, 0.29) is 5.91 Å². The van der Waals surface area contributed by atoms with Crippen LogP contribution in [0.2, 0.25) is 0 Å². The summed E-state index contributed by atoms with van der Waals surface area (Å²) in [5.41, 5.74) is 9.10. The third-order valence-corrected chi connectivity index (χ3v) is 5.15. The van der Waals surface area contributed by atoms with Crippen LogP contribution >= 0.6 is 11.3 Å². The predicted molar refractivity (Wildman–Crippen MR) is 87.5 cm³/mol. The topological polar surface area (TPSA) is 55.1 Å². The van der Waals surface area contributed by atoms with Gasteiger partial charge in [-0.2, -0.15) is 0 Å². The third-order valence-electron chi connectivity index (χ3n) is 4.06. The first-order valence-electron chi connectivity index (χ1n) is 7.37. The van der Waals surface area contributed by atoms with Crippen LogP contribution in [0.3, 0.4) is 0 Å². The Balaban J connectivity index is 1.76. The second-order valence-electron chi connectivity index (χ2n) is 5.76. The lowest BCUT2D eigenvalue weighted by atomic mass is 9.88. The van der Waals surface area contributed by atoms with E-state index < -0.39 is 0 Å². The molecule has 1 aliphatic rings. The minimum absolute atomic E-state index is 0.0385. The van der Waals surface area contributed by atoms with Crippen LogP contribution in [0.25, 0.3) is 0 Å². The summed E-state index contributed by atoms with van der Waals surface area (Å²) < 4.78 is 0. The van der Waals surface area contributed by atoms with Gasteiger partial charge in [0.1, 0.15) is 0 Å². The Bertz CT molecular complexity index is 648. The average molecular weight is 300 g/mol. The molecule has 0 bridgehead atoms. The van der Waals surface area contributed by atoms with Gasteiger partial charge >= 0.3 is 0 Å². The second-order valence-corrected chi connectivity index (χ2v) is 6.90. The van der Waals surface area contributed by atoms with E-state index in [1.54, 1.807) is 11.3 Å². The first-order valence-corrected chi connectivity index (χ1v) is 8.19. The molecule has 3 N–H and O–H groups in total. The highest BCUT2D eigenvalue weighted by molar-refractivity contribution is 7.16. The van der Waals surface area contributed by atoms with Crippen molar-refractivity contribution in [2.45, 2.75) is 32.7 Å². The van der Waals surface area contributed by atoms with Gasteiger partial charge in [0.05, 0.1) is 10.6 Å². The molecule has 2 aromatic rings. The fourth-order valence-electron chi connectivity index (χ4n) is 2.89. The van der Waals surface area contributed by atoms with Crippen LogP contribution in [0, 0.1) is 5.92 Å². The number of carbonyl (C=O) groups is 1. The molecule has 1 aromatic heterocycles. The van der Waals surface area contributed by atoms with Crippen LogP contribution < -0.4 is 11.1 Å². The maximum absolute atomic E-state index is 12.5. The molecule has 4 heteroatoms. The van der Waals surface area contributed by atoms with Crippen LogP contribution in [0.5, 0.6) is 0 Å². The molecule has 1 atom stereocenters. The summed E-state index contributed by atoms with van der Waals surface area (Å²) in [6, 6.07) is 9.94. The molecular formula is C17H20N2OS. The molecule has 1 heterocycles. The van der Waals surface area contributed by atoms with Crippen molar-refractivity contribution in [2.75, 3.05) is 5.73 Å². The van der Waals surface area contributed by atoms with Gasteiger partial charge in [-0.25, -0.2) is 0 Å². The van der Waals surface area contributed by atoms with Crippen LogP contribution in [-0.4, -0.2) is 5.91 Å². The first-order chi connectivity index (χ1) is 10.1. The number of nitrogen functional groups attached to an aromatic ring is 1. The molecule has 21 heavy (non-hydrogen) atoms. The lowest BCUT2D eigenvalue weighted by Crippen LogP contribution is -2.25. The maximum Gasteiger partial charge on any atom is 0.254 e. The average Bonchev–Trinajstić information content (AvgIpc) is 2.81. The largest absolute Gasteiger partial charge is 0.390 e. The van der Waals surface area contributed by atoms with Crippen molar-refractivity contribution in [3.63, 3.8) is 0 Å². The summed E-state index contributed by atoms with van der Waals surface area (Å²) in [6.45, 7) is 2.80. The molecule has 110 valence electrons. The number of carbonyl (C=O) groups excluding carboxylic acids is 1. The van der Waals surface area contributed by atoms with E-state index in [4.69, 9.17) is 5.73 Å². The normalized spacial score (nSPS) is 17.3. The summed E-state index contributed by atoms with van der Waals surface area (Å²) >= 11 is 1.59. The number of rotatable bonds is 3. The van der Waals surface area contributed by atoms with Crippen molar-refractivity contribution >= 4 is 22.2 Å². The lowest BCUT2D eigenvalue weighted by molar-refractivity contribution is 0.0951. The highest BCUT2D eigenvalue weighted by Crippen LogP contribution is 2.37. The van der Waals surface area contributed by atoms with Crippen molar-refractivity contribution in [1.29, 1.82) is 0 Å². The number of nitrogens with one attached hydrogen (secondary N) is 1. The summed E-state index contributed by atoms with van der Waals surface area (Å²) in [6.07, 6.45) is 3.16. The molecule has 0 radical (unpaired) electrons. The number of amides is 1. The van der Waals surface area contributed by atoms with Gasteiger partial charge in [0.2, 0.25) is 0 Å². The van der Waals surface area contributed by atoms with Gasteiger partial charge in [0, 0.05) is 11.4 Å². The van der Waals surface area contributed by atoms with Gasteiger partial charge in [-0.3, -0.25) is 4.79 Å². The smallest absolute Gasteiger partial charge is 0.254 e. The Labute approximate surface area is 129 Å². The number of anilines is 1. The summed E-state index contributed by atoms with van der Waals surface area (Å²) in [5.74, 6) is 0.652. The van der Waals surface area contributed by atoms with Gasteiger partial charge in [-0.05, 0) is 36.3 Å². The summed E-state index contributed by atoms with van der Waals surface area (Å²) in [5, 5.41) is 3.66. The number of benzene rings is 1. The SMILES string of the molecule is CC1CCc2c(sc(N)c2C(=O)NCc2ccccc2)C1. The second kappa shape index (κ2) is 5.90. The Kier molecular flexibility index (Phi) is 3.97. The van der Waals surface area contributed by atoms with Crippen LogP contribution in [0.4, 0.5) is 5.00 Å². The Morgan fingerprint density at radius 1 is 1.38 bits per heavy atom. The molecule has 1 unspecified atom stereocenters. The summed E-state index contributed by atoms with van der Waals surface area (Å²) in [4.78, 5) is 13.8. The van der Waals surface area contributed by atoms with E-state index in [0.717, 1.165) is 30.4 Å². The standard InChI is InChI=1S/C17H20N2OS/c1-11-7-8-13-14(9-11)21-16(18)15(13)17(20)19-10-12-5-3-2-4-6-12/h2-6,11H,7-10,18H2,1H3,(H,19,20). The zero-order valence-corrected chi connectivity index (χ0v) is 13.0. The number of thiophene rings is 1. The molecule has 0 aliphatic heterocycles. The van der Waals surface area contributed by atoms with Crippen LogP contribution in [0.1, 0.15) is 39.7 Å². The molecule has 1 amide bonds.